The molecule has 2 heterocycles. The molecule has 2 unspecified atom stereocenters. The Labute approximate surface area is 133 Å². The number of hydrogen-bond acceptors (Lipinski definition) is 4. The number of amides is 1. The largest absolute Gasteiger partial charge is 0.444 e. The number of nitrogens with zero attached hydrogens (tertiary/aromatic N) is 1. The molecule has 0 spiro atoms. The van der Waals surface area contributed by atoms with Gasteiger partial charge in [0.05, 0.1) is 0 Å². The minimum atomic E-state index is -0.419. The summed E-state index contributed by atoms with van der Waals surface area (Å²) in [7, 11) is 0. The van der Waals surface area contributed by atoms with Gasteiger partial charge in [-0.25, -0.2) is 4.79 Å². The average molecular weight is 314 g/mol. The Hall–Kier alpha value is -0.420. The van der Waals surface area contributed by atoms with Gasteiger partial charge in [0.1, 0.15) is 5.60 Å². The molecule has 5 heteroatoms. The summed E-state index contributed by atoms with van der Waals surface area (Å²) < 4.78 is 5.54. The highest BCUT2D eigenvalue weighted by Crippen LogP contribution is 2.23. The van der Waals surface area contributed by atoms with Gasteiger partial charge in [-0.2, -0.15) is 11.8 Å². The molecule has 0 radical (unpaired) electrons. The van der Waals surface area contributed by atoms with Crippen LogP contribution >= 0.6 is 11.8 Å². The predicted molar refractivity (Wildman–Crippen MR) is 88.9 cm³/mol. The highest BCUT2D eigenvalue weighted by atomic mass is 32.2. The summed E-state index contributed by atoms with van der Waals surface area (Å²) in [6, 6.07) is 1.24. The van der Waals surface area contributed by atoms with Crippen molar-refractivity contribution in [2.24, 2.45) is 0 Å². The number of carbonyl (C=O) groups excluding carboxylic acids is 1. The summed E-state index contributed by atoms with van der Waals surface area (Å²) in [5.74, 6) is 2.52. The van der Waals surface area contributed by atoms with E-state index in [0.717, 1.165) is 19.4 Å². The van der Waals surface area contributed by atoms with Crippen LogP contribution in [0.5, 0.6) is 0 Å². The third-order valence-electron chi connectivity index (χ3n) is 4.29. The molecule has 1 amide bonds. The maximum absolute atomic E-state index is 12.3. The maximum atomic E-state index is 12.3. The maximum Gasteiger partial charge on any atom is 0.410 e. The molecule has 2 aliphatic heterocycles. The van der Waals surface area contributed by atoms with E-state index in [4.69, 9.17) is 4.74 Å². The lowest BCUT2D eigenvalue weighted by Crippen LogP contribution is -2.57. The smallest absolute Gasteiger partial charge is 0.410 e. The highest BCUT2D eigenvalue weighted by molar-refractivity contribution is 7.99. The molecule has 122 valence electrons. The van der Waals surface area contributed by atoms with Crippen LogP contribution in [0.15, 0.2) is 0 Å². The van der Waals surface area contributed by atoms with E-state index in [0.29, 0.717) is 12.1 Å². The van der Waals surface area contributed by atoms with E-state index in [-0.39, 0.29) is 12.1 Å². The zero-order valence-electron chi connectivity index (χ0n) is 13.9. The first-order valence-electron chi connectivity index (χ1n) is 8.20. The third kappa shape index (κ3) is 5.06. The Kier molecular flexibility index (Phi) is 5.83. The van der Waals surface area contributed by atoms with Crippen LogP contribution in [0.25, 0.3) is 0 Å². The number of nitrogens with one attached hydrogen (secondary N) is 1. The molecular formula is C16H30N2O2S. The summed E-state index contributed by atoms with van der Waals surface area (Å²) >= 11 is 2.05. The molecular weight excluding hydrogens is 284 g/mol. The van der Waals surface area contributed by atoms with E-state index >= 15 is 0 Å². The Morgan fingerprint density at radius 3 is 2.52 bits per heavy atom. The summed E-state index contributed by atoms with van der Waals surface area (Å²) in [6.45, 7) is 8.74. The van der Waals surface area contributed by atoms with Crippen molar-refractivity contribution in [1.29, 1.82) is 0 Å². The van der Waals surface area contributed by atoms with Gasteiger partial charge in [0, 0.05) is 24.7 Å². The summed E-state index contributed by atoms with van der Waals surface area (Å²) in [5, 5.41) is 3.79. The fraction of sp³-hybridized carbons (Fsp3) is 0.938. The molecule has 2 atom stereocenters. The summed E-state index contributed by atoms with van der Waals surface area (Å²) in [4.78, 5) is 14.2. The third-order valence-corrected chi connectivity index (χ3v) is 5.34. The molecule has 0 aromatic carbocycles. The monoisotopic (exact) mass is 314 g/mol. The Morgan fingerprint density at radius 1 is 1.24 bits per heavy atom. The number of rotatable bonds is 2. The molecule has 2 rings (SSSR count). The van der Waals surface area contributed by atoms with E-state index in [1.165, 1.54) is 24.3 Å². The van der Waals surface area contributed by atoms with E-state index in [2.05, 4.69) is 12.2 Å². The van der Waals surface area contributed by atoms with Gasteiger partial charge in [0.2, 0.25) is 0 Å². The van der Waals surface area contributed by atoms with Gasteiger partial charge in [-0.1, -0.05) is 0 Å². The highest BCUT2D eigenvalue weighted by Gasteiger charge is 2.34. The Bertz CT molecular complexity index is 351. The van der Waals surface area contributed by atoms with E-state index in [1.54, 1.807) is 0 Å². The van der Waals surface area contributed by atoms with Gasteiger partial charge in [0.15, 0.2) is 0 Å². The molecule has 0 saturated carbocycles. The molecule has 0 aliphatic carbocycles. The normalized spacial score (nSPS) is 28.5. The Morgan fingerprint density at radius 2 is 1.90 bits per heavy atom. The van der Waals surface area contributed by atoms with Gasteiger partial charge in [-0.15, -0.1) is 0 Å². The van der Waals surface area contributed by atoms with Gasteiger partial charge >= 0.3 is 6.09 Å². The van der Waals surface area contributed by atoms with E-state index in [1.807, 2.05) is 37.4 Å². The lowest BCUT2D eigenvalue weighted by Gasteiger charge is -2.42. The van der Waals surface area contributed by atoms with Gasteiger partial charge in [-0.3, -0.25) is 0 Å². The Balaban J connectivity index is 1.90. The fourth-order valence-electron chi connectivity index (χ4n) is 3.11. The van der Waals surface area contributed by atoms with Crippen molar-refractivity contribution in [2.75, 3.05) is 18.1 Å². The molecule has 0 aromatic heterocycles. The topological polar surface area (TPSA) is 41.6 Å². The first-order chi connectivity index (χ1) is 9.87. The fourth-order valence-corrected chi connectivity index (χ4v) is 4.22. The zero-order chi connectivity index (χ0) is 15.5. The van der Waals surface area contributed by atoms with Crippen molar-refractivity contribution in [1.82, 2.24) is 10.2 Å². The zero-order valence-corrected chi connectivity index (χ0v) is 14.7. The second-order valence-corrected chi connectivity index (χ2v) is 8.44. The minimum absolute atomic E-state index is 0.166. The van der Waals surface area contributed by atoms with Crippen LogP contribution in [0.4, 0.5) is 4.79 Å². The summed E-state index contributed by atoms with van der Waals surface area (Å²) in [6.07, 6.45) is 4.55. The van der Waals surface area contributed by atoms with Gasteiger partial charge in [-0.05, 0) is 64.9 Å². The van der Waals surface area contributed by atoms with E-state index in [9.17, 15) is 4.79 Å². The van der Waals surface area contributed by atoms with Crippen molar-refractivity contribution >= 4 is 17.9 Å². The van der Waals surface area contributed by atoms with Crippen molar-refractivity contribution in [3.05, 3.63) is 0 Å². The van der Waals surface area contributed by atoms with Crippen molar-refractivity contribution in [3.63, 3.8) is 0 Å². The quantitative estimate of drug-likeness (QED) is 0.849. The number of carbonyl (C=O) groups is 1. The minimum Gasteiger partial charge on any atom is -0.444 e. The van der Waals surface area contributed by atoms with E-state index < -0.39 is 5.60 Å². The SMILES string of the molecule is CC1C(NC2CCSCC2)CCCN1C(=O)OC(C)(C)C. The molecule has 1 N–H and O–H groups in total. The molecule has 2 aliphatic rings. The first kappa shape index (κ1) is 16.9. The van der Waals surface area contributed by atoms with Crippen LogP contribution in [-0.4, -0.2) is 52.8 Å². The lowest BCUT2D eigenvalue weighted by molar-refractivity contribution is 0.00624. The molecule has 4 nitrogen and oxygen atoms in total. The second kappa shape index (κ2) is 7.23. The second-order valence-electron chi connectivity index (χ2n) is 7.22. The lowest BCUT2D eigenvalue weighted by atomic mass is 9.96. The predicted octanol–water partition coefficient (Wildman–Crippen LogP) is 3.26. The van der Waals surface area contributed by atoms with Crippen LogP contribution in [0, 0.1) is 0 Å². The van der Waals surface area contributed by atoms with Gasteiger partial charge < -0.3 is 15.0 Å². The number of likely N-dealkylation sites (tertiary alicyclic amines) is 1. The van der Waals surface area contributed by atoms with Crippen LogP contribution in [0.3, 0.4) is 0 Å². The average Bonchev–Trinajstić information content (AvgIpc) is 2.40. The molecule has 21 heavy (non-hydrogen) atoms. The van der Waals surface area contributed by atoms with Gasteiger partial charge in [0.25, 0.3) is 0 Å². The van der Waals surface area contributed by atoms with Crippen molar-refractivity contribution < 1.29 is 9.53 Å². The number of ether oxygens (including phenoxy) is 1. The molecule has 2 saturated heterocycles. The van der Waals surface area contributed by atoms with Crippen LogP contribution in [0.1, 0.15) is 53.4 Å². The summed E-state index contributed by atoms with van der Waals surface area (Å²) in [5.41, 5.74) is -0.419. The van der Waals surface area contributed by atoms with Crippen molar-refractivity contribution in [3.8, 4) is 0 Å². The first-order valence-corrected chi connectivity index (χ1v) is 9.36. The number of hydrogen-bond donors (Lipinski definition) is 1. The van der Waals surface area contributed by atoms with Crippen LogP contribution < -0.4 is 5.32 Å². The molecule has 2 fully saturated rings. The number of piperidine rings is 1. The van der Waals surface area contributed by atoms with Crippen molar-refractivity contribution in [2.45, 2.75) is 77.1 Å². The standard InChI is InChI=1S/C16H30N2O2S/c1-12-14(17-13-7-10-21-11-8-13)6-5-9-18(12)15(19)20-16(2,3)4/h12-14,17H,5-11H2,1-4H3. The van der Waals surface area contributed by atoms with Crippen LogP contribution in [0.2, 0.25) is 0 Å². The number of thioether (sulfide) groups is 1. The molecule has 0 aromatic rings. The van der Waals surface area contributed by atoms with Crippen LogP contribution in [-0.2, 0) is 4.74 Å². The molecule has 0 bridgehead atoms.